The summed E-state index contributed by atoms with van der Waals surface area (Å²) in [6, 6.07) is -0.720. The van der Waals surface area contributed by atoms with Crippen molar-refractivity contribution in [3.05, 3.63) is 0 Å². The number of hydrogen-bond donors (Lipinski definition) is 2. The zero-order valence-electron chi connectivity index (χ0n) is 13.3. The predicted octanol–water partition coefficient (Wildman–Crippen LogP) is -0.923. The third kappa shape index (κ3) is 5.71. The van der Waals surface area contributed by atoms with Crippen molar-refractivity contribution in [2.24, 2.45) is 11.3 Å². The van der Waals surface area contributed by atoms with Gasteiger partial charge >= 0.3 is 35.6 Å². The molecule has 20 heavy (non-hydrogen) atoms. The molecule has 1 fully saturated rings. The number of nitrogens with one attached hydrogen (secondary N) is 2. The molecule has 1 atom stereocenters. The Kier molecular flexibility index (Phi) is 18.4. The van der Waals surface area contributed by atoms with Gasteiger partial charge in [0.2, 0.25) is 11.8 Å². The zero-order valence-corrected chi connectivity index (χ0v) is 18.9. The minimum absolute atomic E-state index is 0. The van der Waals surface area contributed by atoms with Crippen LogP contribution in [-0.4, -0.2) is 35.2 Å². The van der Waals surface area contributed by atoms with E-state index in [1.807, 2.05) is 13.8 Å². The molecule has 4 amide bonds. The number of carbonyl (C=O) groups excluding carboxylic acids is 3. The number of rotatable bonds is 4. The van der Waals surface area contributed by atoms with E-state index in [1.165, 1.54) is 0 Å². The SMILES string of the molecule is Br.Br.CCCC(C)C1(CC)C(=O)NC(=O)NC1=O.[Al].[H-].[Na+]. The molecule has 0 bridgehead atoms. The fourth-order valence-electron chi connectivity index (χ4n) is 2.36. The molecule has 0 aromatic carbocycles. The summed E-state index contributed by atoms with van der Waals surface area (Å²) in [5, 5.41) is 4.36. The molecular formula is C11H21AlBr2N2NaO3. The monoisotopic (exact) mass is 437 g/mol. The molecule has 1 unspecified atom stereocenters. The number of barbiturate groups is 1. The molecule has 0 aromatic rings. The number of urea groups is 1. The van der Waals surface area contributed by atoms with Gasteiger partial charge in [-0.1, -0.05) is 27.2 Å². The van der Waals surface area contributed by atoms with Gasteiger partial charge < -0.3 is 1.43 Å². The second-order valence-corrected chi connectivity index (χ2v) is 4.25. The number of amides is 4. The van der Waals surface area contributed by atoms with Crippen molar-refractivity contribution in [2.45, 2.75) is 40.0 Å². The zero-order chi connectivity index (χ0) is 12.3. The largest absolute Gasteiger partial charge is 1.00 e. The second kappa shape index (κ2) is 12.6. The van der Waals surface area contributed by atoms with Crippen molar-refractivity contribution in [3.8, 4) is 0 Å². The molecule has 0 aliphatic carbocycles. The van der Waals surface area contributed by atoms with Crippen molar-refractivity contribution in [1.82, 2.24) is 10.6 Å². The Bertz CT molecular complexity index is 331. The first-order valence-electron chi connectivity index (χ1n) is 5.65. The van der Waals surface area contributed by atoms with E-state index in [0.717, 1.165) is 12.8 Å². The number of hydrogen-bond acceptors (Lipinski definition) is 3. The maximum absolute atomic E-state index is 11.9. The van der Waals surface area contributed by atoms with Crippen LogP contribution in [0.1, 0.15) is 41.5 Å². The van der Waals surface area contributed by atoms with Gasteiger partial charge in [0.25, 0.3) is 0 Å². The van der Waals surface area contributed by atoms with E-state index in [4.69, 9.17) is 0 Å². The summed E-state index contributed by atoms with van der Waals surface area (Å²) in [4.78, 5) is 34.8. The number of halogens is 2. The van der Waals surface area contributed by atoms with E-state index >= 15 is 0 Å². The fourth-order valence-corrected chi connectivity index (χ4v) is 2.36. The standard InChI is InChI=1S/C11H18N2O3.Al.2BrH.Na.H/c1-4-6-7(3)11(5-2)8(14)12-10(16)13-9(11)15;;;;;/h7H,4-6H2,1-3H3,(H2,12,13,14,15,16);;2*1H;;/q;;;;+1;-1. The molecule has 1 saturated heterocycles. The molecule has 2 N–H and O–H groups in total. The van der Waals surface area contributed by atoms with Gasteiger partial charge in [-0.05, 0) is 18.8 Å². The quantitative estimate of drug-likeness (QED) is 0.440. The summed E-state index contributed by atoms with van der Waals surface area (Å²) in [6.45, 7) is 5.67. The molecule has 9 heteroatoms. The van der Waals surface area contributed by atoms with Gasteiger partial charge in [0.1, 0.15) is 5.41 Å². The molecule has 1 aliphatic rings. The van der Waals surface area contributed by atoms with Gasteiger partial charge in [0.05, 0.1) is 0 Å². The topological polar surface area (TPSA) is 75.3 Å². The Balaban J connectivity index is -0.000000171. The molecule has 111 valence electrons. The normalized spacial score (nSPS) is 17.1. The molecule has 1 aliphatic heterocycles. The molecule has 1 heterocycles. The summed E-state index contributed by atoms with van der Waals surface area (Å²) in [5.41, 5.74) is -1.09. The van der Waals surface area contributed by atoms with E-state index in [-0.39, 0.29) is 88.2 Å². The Hall–Kier alpha value is 1.10. The van der Waals surface area contributed by atoms with Crippen LogP contribution in [0.4, 0.5) is 4.79 Å². The average Bonchev–Trinajstić information content (AvgIpc) is 2.18. The van der Waals surface area contributed by atoms with Crippen molar-refractivity contribution < 1.29 is 45.4 Å². The van der Waals surface area contributed by atoms with Crippen molar-refractivity contribution in [3.63, 3.8) is 0 Å². The number of imide groups is 2. The Morgan fingerprint density at radius 1 is 1.10 bits per heavy atom. The first-order valence-corrected chi connectivity index (χ1v) is 5.65. The molecule has 0 aromatic heterocycles. The molecule has 1 rings (SSSR count). The van der Waals surface area contributed by atoms with Crippen LogP contribution in [0.5, 0.6) is 0 Å². The smallest absolute Gasteiger partial charge is 1.00 e. The Labute approximate surface area is 175 Å². The van der Waals surface area contributed by atoms with E-state index < -0.39 is 23.3 Å². The van der Waals surface area contributed by atoms with Crippen molar-refractivity contribution >= 4 is 69.2 Å². The second-order valence-electron chi connectivity index (χ2n) is 4.25. The summed E-state index contributed by atoms with van der Waals surface area (Å²) >= 11 is 0. The third-order valence-corrected chi connectivity index (χ3v) is 3.39. The molecule has 0 saturated carbocycles. The van der Waals surface area contributed by atoms with Gasteiger partial charge in [-0.25, -0.2) is 4.79 Å². The van der Waals surface area contributed by atoms with Crippen LogP contribution >= 0.6 is 34.0 Å². The summed E-state index contributed by atoms with van der Waals surface area (Å²) in [6.07, 6.45) is 2.08. The first kappa shape index (κ1) is 29.2. The van der Waals surface area contributed by atoms with E-state index in [0.29, 0.717) is 6.42 Å². The number of carbonyl (C=O) groups is 3. The van der Waals surface area contributed by atoms with Gasteiger partial charge in [-0.3, -0.25) is 20.2 Å². The van der Waals surface area contributed by atoms with Crippen LogP contribution in [-0.2, 0) is 9.59 Å². The van der Waals surface area contributed by atoms with E-state index in [2.05, 4.69) is 10.6 Å². The van der Waals surface area contributed by atoms with Gasteiger partial charge in [-0.15, -0.1) is 34.0 Å². The molecular weight excluding hydrogens is 418 g/mol. The summed E-state index contributed by atoms with van der Waals surface area (Å²) in [7, 11) is 0. The Morgan fingerprint density at radius 3 is 1.80 bits per heavy atom. The van der Waals surface area contributed by atoms with Gasteiger partial charge in [-0.2, -0.15) is 0 Å². The maximum Gasteiger partial charge on any atom is 1.00 e. The van der Waals surface area contributed by atoms with Crippen molar-refractivity contribution in [2.75, 3.05) is 0 Å². The van der Waals surface area contributed by atoms with Crippen LogP contribution in [0.3, 0.4) is 0 Å². The van der Waals surface area contributed by atoms with Gasteiger partial charge in [0, 0.05) is 17.4 Å². The molecule has 0 spiro atoms. The van der Waals surface area contributed by atoms with Gasteiger partial charge in [0.15, 0.2) is 0 Å². The molecule has 5 nitrogen and oxygen atoms in total. The van der Waals surface area contributed by atoms with E-state index in [9.17, 15) is 14.4 Å². The van der Waals surface area contributed by atoms with Crippen LogP contribution in [0.2, 0.25) is 0 Å². The van der Waals surface area contributed by atoms with Crippen LogP contribution in [0.25, 0.3) is 0 Å². The average molecular weight is 439 g/mol. The van der Waals surface area contributed by atoms with Crippen LogP contribution in [0.15, 0.2) is 0 Å². The summed E-state index contributed by atoms with van der Waals surface area (Å²) < 4.78 is 0. The summed E-state index contributed by atoms with van der Waals surface area (Å²) in [5.74, 6) is -1.01. The predicted molar refractivity (Wildman–Crippen MR) is 86.0 cm³/mol. The maximum atomic E-state index is 11.9. The molecule has 3 radical (unpaired) electrons. The third-order valence-electron chi connectivity index (χ3n) is 3.39. The van der Waals surface area contributed by atoms with Crippen LogP contribution in [0, 0.1) is 11.3 Å². The first-order chi connectivity index (χ1) is 7.48. The van der Waals surface area contributed by atoms with E-state index in [1.54, 1.807) is 6.92 Å². The van der Waals surface area contributed by atoms with Crippen LogP contribution < -0.4 is 40.2 Å². The Morgan fingerprint density at radius 2 is 1.50 bits per heavy atom. The minimum Gasteiger partial charge on any atom is -1.00 e. The minimum atomic E-state index is -1.09. The fraction of sp³-hybridized carbons (Fsp3) is 0.727. The van der Waals surface area contributed by atoms with Crippen molar-refractivity contribution in [1.29, 1.82) is 0 Å².